The summed E-state index contributed by atoms with van der Waals surface area (Å²) in [6, 6.07) is 0. The van der Waals surface area contributed by atoms with Gasteiger partial charge in [-0.2, -0.15) is 0 Å². The Kier molecular flexibility index (Phi) is 10.0. The second kappa shape index (κ2) is 4.49. The second-order valence-corrected chi connectivity index (χ2v) is 2.86. The van der Waals surface area contributed by atoms with E-state index in [9.17, 15) is 12.6 Å². The van der Waals surface area contributed by atoms with Gasteiger partial charge in [0, 0.05) is 0 Å². The summed E-state index contributed by atoms with van der Waals surface area (Å²) in [6.45, 7) is 0. The molecule has 0 fully saturated rings. The van der Waals surface area contributed by atoms with Crippen LogP contribution in [0.1, 0.15) is 0 Å². The van der Waals surface area contributed by atoms with Crippen LogP contribution in [0.2, 0.25) is 0 Å². The van der Waals surface area contributed by atoms with Crippen molar-refractivity contribution in [3.63, 3.8) is 0 Å². The Morgan fingerprint density at radius 2 is 0.714 bits per heavy atom. The molecule has 0 aliphatic carbocycles. The Balaban J connectivity index is -0.0000000800. The van der Waals surface area contributed by atoms with Crippen molar-refractivity contribution < 1.29 is 41.7 Å². The van der Waals surface area contributed by atoms with E-state index < -0.39 is 18.2 Å². The van der Waals surface area contributed by atoms with E-state index in [1.54, 1.807) is 0 Å². The fourth-order valence-corrected chi connectivity index (χ4v) is 0. The first-order valence-electron chi connectivity index (χ1n) is 0.617. The summed E-state index contributed by atoms with van der Waals surface area (Å²) in [4.78, 5) is 0. The van der Waals surface area contributed by atoms with E-state index in [0.717, 1.165) is 0 Å². The molecule has 0 aliphatic heterocycles. The first-order chi connectivity index (χ1) is 2.00. The molecule has 0 aromatic carbocycles. The molecule has 2 nitrogen and oxygen atoms in total. The zero-order chi connectivity index (χ0) is 4.50. The van der Waals surface area contributed by atoms with Gasteiger partial charge in [-0.15, -0.1) is 0 Å². The van der Waals surface area contributed by atoms with Crippen molar-refractivity contribution in [3.05, 3.63) is 0 Å². The Morgan fingerprint density at radius 1 is 0.714 bits per heavy atom. The third-order valence-corrected chi connectivity index (χ3v) is 0. The number of hydrogen-bond donors (Lipinski definition) is 0. The molecule has 7 heavy (non-hydrogen) atoms. The molecular weight excluding hydrogens is 292 g/mol. The molecule has 50 valence electrons. The van der Waals surface area contributed by atoms with Gasteiger partial charge in [0.05, 0.1) is 0 Å². The fourth-order valence-electron chi connectivity index (χ4n) is 0. The van der Waals surface area contributed by atoms with E-state index >= 15 is 0 Å². The van der Waals surface area contributed by atoms with E-state index in [2.05, 4.69) is 0 Å². The second-order valence-electron chi connectivity index (χ2n) is 0.350. The van der Waals surface area contributed by atoms with Gasteiger partial charge in [0.2, 0.25) is 0 Å². The van der Waals surface area contributed by atoms with Gasteiger partial charge >= 0.3 is 30.8 Å². The SMILES string of the molecule is O.O.[F][W]([F])([F])[F]. The standard InChI is InChI=1S/4FH.2H2O.W/h4*1H;2*1H2;/q;;;;;;+4/p-4. The van der Waals surface area contributed by atoms with Crippen molar-refractivity contribution in [3.8, 4) is 0 Å². The van der Waals surface area contributed by atoms with Gasteiger partial charge in [0.15, 0.2) is 0 Å². The topological polar surface area (TPSA) is 63.0 Å². The molecular formula is H4F4O2W. The molecule has 0 amide bonds. The Morgan fingerprint density at radius 3 is 0.714 bits per heavy atom. The average molecular weight is 296 g/mol. The van der Waals surface area contributed by atoms with Gasteiger partial charge in [-0.25, -0.2) is 0 Å². The third-order valence-electron chi connectivity index (χ3n) is 0. The van der Waals surface area contributed by atoms with Crippen molar-refractivity contribution in [2.75, 3.05) is 0 Å². The molecule has 0 atom stereocenters. The van der Waals surface area contributed by atoms with Gasteiger partial charge in [0.1, 0.15) is 0 Å². The first kappa shape index (κ1) is 15.7. The molecule has 0 spiro atoms. The van der Waals surface area contributed by atoms with Crippen molar-refractivity contribution >= 4 is 0 Å². The summed E-state index contributed by atoms with van der Waals surface area (Å²) in [5.74, 6) is 0. The quantitative estimate of drug-likeness (QED) is 0.566. The monoisotopic (exact) mass is 296 g/mol. The van der Waals surface area contributed by atoms with Crippen LogP contribution in [0.4, 0.5) is 12.6 Å². The summed E-state index contributed by atoms with van der Waals surface area (Å²) in [5, 5.41) is 0. The predicted molar refractivity (Wildman–Crippen MR) is 11.7 cm³/mol. The van der Waals surface area contributed by atoms with Gasteiger partial charge in [-0.3, -0.25) is 0 Å². The minimum atomic E-state index is -7.17. The van der Waals surface area contributed by atoms with Crippen LogP contribution in [0.15, 0.2) is 0 Å². The minimum absolute atomic E-state index is 0. The van der Waals surface area contributed by atoms with E-state index in [1.807, 2.05) is 0 Å². The Hall–Kier alpha value is 0.328. The van der Waals surface area contributed by atoms with Crippen LogP contribution in [-0.4, -0.2) is 11.0 Å². The Bertz CT molecular complexity index is 25.2. The Labute approximate surface area is 42.5 Å². The first-order valence-corrected chi connectivity index (χ1v) is 5.05. The molecule has 0 aromatic rings. The maximum absolute atomic E-state index is 9.90. The summed E-state index contributed by atoms with van der Waals surface area (Å²) < 4.78 is 39.6. The molecule has 7 heteroatoms. The number of rotatable bonds is 0. The zero-order valence-corrected chi connectivity index (χ0v) is 5.85. The van der Waals surface area contributed by atoms with Crippen LogP contribution >= 0.6 is 0 Å². The van der Waals surface area contributed by atoms with Crippen molar-refractivity contribution in [1.82, 2.24) is 0 Å². The molecule has 0 saturated heterocycles. The average Bonchev–Trinajstić information content (AvgIpc) is 0.722. The van der Waals surface area contributed by atoms with E-state index in [-0.39, 0.29) is 11.0 Å². The summed E-state index contributed by atoms with van der Waals surface area (Å²) in [5.41, 5.74) is 0. The van der Waals surface area contributed by atoms with Crippen molar-refractivity contribution in [2.45, 2.75) is 0 Å². The predicted octanol–water partition coefficient (Wildman–Crippen LogP) is 0.0289. The fraction of sp³-hybridized carbons (Fsp3) is 0. The van der Waals surface area contributed by atoms with Gasteiger partial charge in [-0.1, -0.05) is 0 Å². The zero-order valence-electron chi connectivity index (χ0n) is 2.92. The number of hydrogen-bond acceptors (Lipinski definition) is 0. The summed E-state index contributed by atoms with van der Waals surface area (Å²) in [7, 11) is 0. The van der Waals surface area contributed by atoms with E-state index in [0.29, 0.717) is 0 Å². The third kappa shape index (κ3) is 1100. The molecule has 0 aliphatic rings. The van der Waals surface area contributed by atoms with Gasteiger partial charge in [-0.05, 0) is 0 Å². The molecule has 0 unspecified atom stereocenters. The summed E-state index contributed by atoms with van der Waals surface area (Å²) >= 11 is -7.17. The van der Waals surface area contributed by atoms with Crippen LogP contribution in [-0.2, 0) is 18.2 Å². The van der Waals surface area contributed by atoms with Gasteiger partial charge < -0.3 is 11.0 Å². The van der Waals surface area contributed by atoms with Crippen molar-refractivity contribution in [2.24, 2.45) is 0 Å². The molecule has 0 heterocycles. The molecule has 0 radical (unpaired) electrons. The molecule has 4 N–H and O–H groups in total. The van der Waals surface area contributed by atoms with Crippen molar-refractivity contribution in [1.29, 1.82) is 0 Å². The summed E-state index contributed by atoms with van der Waals surface area (Å²) in [6.07, 6.45) is 0. The molecule has 0 bridgehead atoms. The van der Waals surface area contributed by atoms with Crippen LogP contribution in [0.5, 0.6) is 0 Å². The normalized spacial score (nSPS) is 10.9. The van der Waals surface area contributed by atoms with Crippen LogP contribution in [0.3, 0.4) is 0 Å². The maximum atomic E-state index is 9.90. The molecule has 0 saturated carbocycles. The van der Waals surface area contributed by atoms with Gasteiger partial charge in [0.25, 0.3) is 0 Å². The van der Waals surface area contributed by atoms with Crippen LogP contribution in [0, 0.1) is 0 Å². The van der Waals surface area contributed by atoms with E-state index in [1.165, 1.54) is 0 Å². The molecule has 0 aromatic heterocycles. The number of halogens is 4. The van der Waals surface area contributed by atoms with E-state index in [4.69, 9.17) is 0 Å². The molecule has 0 rings (SSSR count). The van der Waals surface area contributed by atoms with Crippen LogP contribution < -0.4 is 0 Å². The van der Waals surface area contributed by atoms with Crippen LogP contribution in [0.25, 0.3) is 0 Å².